The SMILES string of the molecule is CC(C)NCC1OCCN(C)C1c1cc(Br)c(Br)s1. The molecular formula is C13H20Br2N2OS. The van der Waals surface area contributed by atoms with E-state index in [1.165, 1.54) is 4.88 Å². The summed E-state index contributed by atoms with van der Waals surface area (Å²) in [6.07, 6.45) is 0.207. The Balaban J connectivity index is 2.15. The molecule has 6 heteroatoms. The van der Waals surface area contributed by atoms with E-state index >= 15 is 0 Å². The summed E-state index contributed by atoms with van der Waals surface area (Å²) in [4.78, 5) is 3.73. The molecule has 3 nitrogen and oxygen atoms in total. The predicted molar refractivity (Wildman–Crippen MR) is 88.0 cm³/mol. The Kier molecular flexibility index (Phi) is 5.87. The minimum atomic E-state index is 0.207. The fourth-order valence-corrected chi connectivity index (χ4v) is 4.60. The third-order valence-corrected chi connectivity index (χ3v) is 6.61. The van der Waals surface area contributed by atoms with Crippen molar-refractivity contribution in [1.82, 2.24) is 10.2 Å². The third kappa shape index (κ3) is 4.02. The number of rotatable bonds is 4. The first kappa shape index (κ1) is 15.9. The maximum absolute atomic E-state index is 5.99. The van der Waals surface area contributed by atoms with Crippen LogP contribution in [-0.2, 0) is 4.74 Å². The van der Waals surface area contributed by atoms with Crippen LogP contribution in [0.15, 0.2) is 14.3 Å². The van der Waals surface area contributed by atoms with Gasteiger partial charge in [0.1, 0.15) is 0 Å². The number of morpholine rings is 1. The van der Waals surface area contributed by atoms with Gasteiger partial charge in [-0.2, -0.15) is 0 Å². The van der Waals surface area contributed by atoms with Crippen molar-refractivity contribution >= 4 is 43.2 Å². The maximum Gasteiger partial charge on any atom is 0.0904 e. The summed E-state index contributed by atoms with van der Waals surface area (Å²) in [6.45, 7) is 7.01. The lowest BCUT2D eigenvalue weighted by atomic mass is 10.1. The number of hydrogen-bond acceptors (Lipinski definition) is 4. The highest BCUT2D eigenvalue weighted by atomic mass is 79.9. The molecule has 0 aliphatic carbocycles. The summed E-state index contributed by atoms with van der Waals surface area (Å²) in [5.74, 6) is 0. The normalized spacial score (nSPS) is 25.2. The molecule has 1 aromatic rings. The average molecular weight is 412 g/mol. The van der Waals surface area contributed by atoms with E-state index in [1.54, 1.807) is 11.3 Å². The van der Waals surface area contributed by atoms with Crippen LogP contribution in [-0.4, -0.2) is 43.8 Å². The number of halogens is 2. The Hall–Kier alpha value is 0.540. The molecule has 0 bridgehead atoms. The van der Waals surface area contributed by atoms with Crippen LogP contribution in [0.25, 0.3) is 0 Å². The first-order valence-corrected chi connectivity index (χ1v) is 8.89. The van der Waals surface area contributed by atoms with Crippen LogP contribution >= 0.6 is 43.2 Å². The lowest BCUT2D eigenvalue weighted by molar-refractivity contribution is -0.0608. The molecule has 1 fully saturated rings. The van der Waals surface area contributed by atoms with Gasteiger partial charge in [-0.25, -0.2) is 0 Å². The van der Waals surface area contributed by atoms with Crippen LogP contribution in [0, 0.1) is 0 Å². The minimum absolute atomic E-state index is 0.207. The molecule has 1 aromatic heterocycles. The molecule has 108 valence electrons. The van der Waals surface area contributed by atoms with Gasteiger partial charge in [0.2, 0.25) is 0 Å². The van der Waals surface area contributed by atoms with Gasteiger partial charge in [0.15, 0.2) is 0 Å². The molecule has 0 radical (unpaired) electrons. The zero-order chi connectivity index (χ0) is 14.0. The van der Waals surface area contributed by atoms with Gasteiger partial charge >= 0.3 is 0 Å². The highest BCUT2D eigenvalue weighted by molar-refractivity contribution is 9.13. The van der Waals surface area contributed by atoms with E-state index < -0.39 is 0 Å². The second-order valence-corrected chi connectivity index (χ2v) is 8.42. The van der Waals surface area contributed by atoms with Gasteiger partial charge in [-0.1, -0.05) is 13.8 Å². The molecule has 1 aliphatic heterocycles. The molecule has 0 spiro atoms. The summed E-state index contributed by atoms with van der Waals surface area (Å²) in [5.41, 5.74) is 0. The summed E-state index contributed by atoms with van der Waals surface area (Å²) >= 11 is 8.94. The van der Waals surface area contributed by atoms with Crippen molar-refractivity contribution in [3.05, 3.63) is 19.2 Å². The first-order chi connectivity index (χ1) is 8.99. The van der Waals surface area contributed by atoms with Crippen LogP contribution in [0.2, 0.25) is 0 Å². The fraction of sp³-hybridized carbons (Fsp3) is 0.692. The Morgan fingerprint density at radius 1 is 1.53 bits per heavy atom. The third-order valence-electron chi connectivity index (χ3n) is 3.29. The number of nitrogens with one attached hydrogen (secondary N) is 1. The van der Waals surface area contributed by atoms with Gasteiger partial charge < -0.3 is 10.1 Å². The van der Waals surface area contributed by atoms with Gasteiger partial charge in [0, 0.05) is 28.5 Å². The molecule has 2 unspecified atom stereocenters. The Labute approximate surface area is 136 Å². The minimum Gasteiger partial charge on any atom is -0.374 e. The van der Waals surface area contributed by atoms with E-state index in [0.717, 1.165) is 28.0 Å². The van der Waals surface area contributed by atoms with E-state index in [-0.39, 0.29) is 6.10 Å². The topological polar surface area (TPSA) is 24.5 Å². The molecule has 0 aromatic carbocycles. The van der Waals surface area contributed by atoms with Crippen LogP contribution in [0.4, 0.5) is 0 Å². The smallest absolute Gasteiger partial charge is 0.0904 e. The molecule has 2 atom stereocenters. The summed E-state index contributed by atoms with van der Waals surface area (Å²) in [5, 5.41) is 3.49. The molecular weight excluding hydrogens is 392 g/mol. The van der Waals surface area contributed by atoms with E-state index in [9.17, 15) is 0 Å². The van der Waals surface area contributed by atoms with Crippen molar-refractivity contribution in [3.8, 4) is 0 Å². The Morgan fingerprint density at radius 3 is 2.84 bits per heavy atom. The molecule has 1 N–H and O–H groups in total. The van der Waals surface area contributed by atoms with Gasteiger partial charge in [-0.15, -0.1) is 11.3 Å². The molecule has 19 heavy (non-hydrogen) atoms. The summed E-state index contributed by atoms with van der Waals surface area (Å²) in [7, 11) is 2.18. The molecule has 2 rings (SSSR count). The van der Waals surface area contributed by atoms with Crippen LogP contribution < -0.4 is 5.32 Å². The molecule has 1 aliphatic rings. The second kappa shape index (κ2) is 7.00. The number of hydrogen-bond donors (Lipinski definition) is 1. The second-order valence-electron chi connectivity index (χ2n) is 5.17. The highest BCUT2D eigenvalue weighted by Crippen LogP contribution is 2.39. The van der Waals surface area contributed by atoms with E-state index in [0.29, 0.717) is 12.1 Å². The largest absolute Gasteiger partial charge is 0.374 e. The lowest BCUT2D eigenvalue weighted by Gasteiger charge is -2.39. The van der Waals surface area contributed by atoms with Gasteiger partial charge in [-0.05, 0) is 45.0 Å². The quantitative estimate of drug-likeness (QED) is 0.818. The monoisotopic (exact) mass is 410 g/mol. The van der Waals surface area contributed by atoms with Crippen LogP contribution in [0.1, 0.15) is 24.8 Å². The molecule has 1 saturated heterocycles. The summed E-state index contributed by atoms with van der Waals surface area (Å²) < 4.78 is 8.26. The van der Waals surface area contributed by atoms with Crippen LogP contribution in [0.3, 0.4) is 0 Å². The Morgan fingerprint density at radius 2 is 2.26 bits per heavy atom. The average Bonchev–Trinajstić information content (AvgIpc) is 2.66. The van der Waals surface area contributed by atoms with E-state index in [2.05, 4.69) is 69.0 Å². The maximum atomic E-state index is 5.99. The van der Waals surface area contributed by atoms with Gasteiger partial charge in [0.05, 0.1) is 22.5 Å². The number of ether oxygens (including phenoxy) is 1. The van der Waals surface area contributed by atoms with Gasteiger partial charge in [-0.3, -0.25) is 4.90 Å². The van der Waals surface area contributed by atoms with Crippen molar-refractivity contribution in [1.29, 1.82) is 0 Å². The van der Waals surface area contributed by atoms with Crippen molar-refractivity contribution in [2.24, 2.45) is 0 Å². The van der Waals surface area contributed by atoms with E-state index in [1.807, 2.05) is 0 Å². The van der Waals surface area contributed by atoms with Crippen molar-refractivity contribution in [2.45, 2.75) is 32.0 Å². The number of likely N-dealkylation sites (N-methyl/N-ethyl adjacent to an activating group) is 1. The zero-order valence-corrected chi connectivity index (χ0v) is 15.4. The molecule has 2 heterocycles. The van der Waals surface area contributed by atoms with Gasteiger partial charge in [0.25, 0.3) is 0 Å². The van der Waals surface area contributed by atoms with Crippen molar-refractivity contribution < 1.29 is 4.74 Å². The number of nitrogens with zero attached hydrogens (tertiary/aromatic N) is 1. The predicted octanol–water partition coefficient (Wildman–Crippen LogP) is 3.64. The standard InChI is InChI=1S/C13H20Br2N2OS/c1-8(2)16-7-10-12(17(3)4-5-18-10)11-6-9(14)13(15)19-11/h6,8,10,12,16H,4-5,7H2,1-3H3. The number of thiophene rings is 1. The van der Waals surface area contributed by atoms with Crippen molar-refractivity contribution in [2.75, 3.05) is 26.7 Å². The summed E-state index contributed by atoms with van der Waals surface area (Å²) in [6, 6.07) is 3.01. The Bertz CT molecular complexity index is 405. The lowest BCUT2D eigenvalue weighted by Crippen LogP contribution is -2.48. The van der Waals surface area contributed by atoms with Crippen molar-refractivity contribution in [3.63, 3.8) is 0 Å². The van der Waals surface area contributed by atoms with E-state index in [4.69, 9.17) is 4.74 Å². The fourth-order valence-electron chi connectivity index (χ4n) is 2.29. The highest BCUT2D eigenvalue weighted by Gasteiger charge is 2.32. The first-order valence-electron chi connectivity index (χ1n) is 6.49. The molecule has 0 amide bonds. The zero-order valence-electron chi connectivity index (χ0n) is 11.5. The molecule has 0 saturated carbocycles. The van der Waals surface area contributed by atoms with Crippen LogP contribution in [0.5, 0.6) is 0 Å².